The van der Waals surface area contributed by atoms with Crippen molar-refractivity contribution in [2.75, 3.05) is 12.3 Å². The maximum atomic E-state index is 3.12. The lowest BCUT2D eigenvalue weighted by Crippen LogP contribution is -2.23. The molecular weight excluding hydrogens is 92.9 g/mol. The average Bonchev–Trinajstić information content (AvgIpc) is 1.72. The highest BCUT2D eigenvalue weighted by molar-refractivity contribution is 8.22. The Morgan fingerprint density at radius 3 is 2.83 bits per heavy atom. The fraction of sp³-hybridized carbons (Fsp3) is 1.00. The van der Waals surface area contributed by atoms with Crippen LogP contribution in [0.2, 0.25) is 0 Å². The monoisotopic (exact) mass is 100 g/mol. The van der Waals surface area contributed by atoms with Crippen LogP contribution in [0.4, 0.5) is 0 Å². The average molecular weight is 100.0 g/mol. The molecule has 0 atom stereocenters. The first kappa shape index (κ1) is 4.53. The van der Waals surface area contributed by atoms with Gasteiger partial charge in [-0.05, 0) is 18.7 Å². The summed E-state index contributed by atoms with van der Waals surface area (Å²) in [6.07, 6.45) is 1.32. The molecule has 6 heavy (non-hydrogen) atoms. The molecule has 1 nitrogen and oxygen atoms in total. The molecule has 1 rings (SSSR count). The lowest BCUT2D eigenvalue weighted by molar-refractivity contribution is 0.866. The Bertz CT molecular complexity index is 26.3. The summed E-state index contributed by atoms with van der Waals surface area (Å²) < 4.78 is 0. The first-order valence-electron chi connectivity index (χ1n) is 2.17. The molecule has 0 aromatic heterocycles. The van der Waals surface area contributed by atoms with E-state index in [4.69, 9.17) is 0 Å². The van der Waals surface area contributed by atoms with Crippen molar-refractivity contribution in [2.45, 2.75) is 6.42 Å². The fourth-order valence-electron chi connectivity index (χ4n) is 0.434. The van der Waals surface area contributed by atoms with Gasteiger partial charge in [-0.2, -0.15) is 11.6 Å². The van der Waals surface area contributed by atoms with Crippen molar-refractivity contribution in [3.8, 4) is 0 Å². The van der Waals surface area contributed by atoms with Gasteiger partial charge in [0.05, 0.1) is 0 Å². The van der Waals surface area contributed by atoms with Gasteiger partial charge in [-0.3, -0.25) is 0 Å². The molecule has 0 unspecified atom stereocenters. The van der Waals surface area contributed by atoms with Crippen molar-refractivity contribution >= 4 is 18.3 Å². The van der Waals surface area contributed by atoms with Crippen LogP contribution in [0.25, 0.3) is 0 Å². The third-order valence-electron chi connectivity index (χ3n) is 0.750. The minimum atomic E-state index is 1.17. The van der Waals surface area contributed by atoms with Gasteiger partial charge < -0.3 is 5.23 Å². The molecule has 1 aliphatic heterocycles. The minimum absolute atomic E-state index is 1.17. The number of nitrogens with one attached hydrogen (secondary N) is 1. The molecule has 0 spiro atoms. The van der Waals surface area contributed by atoms with E-state index in [2.05, 4.69) is 11.9 Å². The SMILES string of the molecule is [B]1NCCCS1. The number of hydrogen-bond acceptors (Lipinski definition) is 2. The second-order valence-corrected chi connectivity index (χ2v) is 2.27. The molecule has 0 aromatic carbocycles. The van der Waals surface area contributed by atoms with Gasteiger partial charge in [0.25, 0.3) is 6.69 Å². The molecule has 0 aromatic rings. The number of hydrogen-bond donors (Lipinski definition) is 1. The van der Waals surface area contributed by atoms with Gasteiger partial charge in [0.1, 0.15) is 0 Å². The fourth-order valence-corrected chi connectivity index (χ4v) is 1.10. The predicted octanol–water partition coefficient (Wildman–Crippen LogP) is 0.247. The van der Waals surface area contributed by atoms with E-state index in [1.54, 1.807) is 0 Å². The molecule has 1 N–H and O–H groups in total. The van der Waals surface area contributed by atoms with Crippen LogP contribution in [0.5, 0.6) is 0 Å². The smallest absolute Gasteiger partial charge is 0.285 e. The van der Waals surface area contributed by atoms with Crippen LogP contribution < -0.4 is 5.23 Å². The van der Waals surface area contributed by atoms with E-state index in [9.17, 15) is 0 Å². The van der Waals surface area contributed by atoms with Crippen molar-refractivity contribution < 1.29 is 0 Å². The Morgan fingerprint density at radius 2 is 2.67 bits per heavy atom. The molecule has 0 bridgehead atoms. The molecule has 1 aliphatic rings. The highest BCUT2D eigenvalue weighted by Gasteiger charge is 1.96. The van der Waals surface area contributed by atoms with Crippen LogP contribution in [0, 0.1) is 0 Å². The minimum Gasteiger partial charge on any atom is -0.350 e. The quantitative estimate of drug-likeness (QED) is 0.438. The molecule has 1 radical (unpaired) electrons. The molecule has 0 saturated carbocycles. The topological polar surface area (TPSA) is 12.0 Å². The second-order valence-electron chi connectivity index (χ2n) is 1.30. The summed E-state index contributed by atoms with van der Waals surface area (Å²) in [7, 11) is 0. The number of rotatable bonds is 0. The van der Waals surface area contributed by atoms with E-state index in [1.165, 1.54) is 18.7 Å². The van der Waals surface area contributed by atoms with E-state index >= 15 is 0 Å². The lowest BCUT2D eigenvalue weighted by Gasteiger charge is -2.06. The van der Waals surface area contributed by atoms with E-state index < -0.39 is 0 Å². The summed E-state index contributed by atoms with van der Waals surface area (Å²) in [5.41, 5.74) is 0. The summed E-state index contributed by atoms with van der Waals surface area (Å²) >= 11 is 1.86. The third kappa shape index (κ3) is 1.23. The summed E-state index contributed by atoms with van der Waals surface area (Å²) in [5, 5.41) is 3.12. The van der Waals surface area contributed by atoms with Crippen molar-refractivity contribution in [1.82, 2.24) is 5.23 Å². The summed E-state index contributed by atoms with van der Waals surface area (Å²) in [4.78, 5) is 0. The van der Waals surface area contributed by atoms with Gasteiger partial charge in [-0.1, -0.05) is 0 Å². The highest BCUT2D eigenvalue weighted by atomic mass is 32.2. The van der Waals surface area contributed by atoms with Crippen LogP contribution in [0.15, 0.2) is 0 Å². The largest absolute Gasteiger partial charge is 0.350 e. The van der Waals surface area contributed by atoms with Gasteiger partial charge in [-0.25, -0.2) is 0 Å². The van der Waals surface area contributed by atoms with Crippen LogP contribution in [0.3, 0.4) is 0 Å². The van der Waals surface area contributed by atoms with Gasteiger partial charge in [0.2, 0.25) is 0 Å². The second kappa shape index (κ2) is 2.53. The molecular formula is C3H7BNS. The Morgan fingerprint density at radius 1 is 1.67 bits per heavy atom. The van der Waals surface area contributed by atoms with Gasteiger partial charge >= 0.3 is 0 Å². The van der Waals surface area contributed by atoms with Crippen LogP contribution >= 0.6 is 11.6 Å². The van der Waals surface area contributed by atoms with E-state index in [-0.39, 0.29) is 0 Å². The molecule has 1 saturated heterocycles. The molecule has 0 amide bonds. The molecule has 1 fully saturated rings. The Labute approximate surface area is 43.0 Å². The lowest BCUT2D eigenvalue weighted by atomic mass is 10.3. The first-order chi connectivity index (χ1) is 3.00. The molecule has 33 valence electrons. The van der Waals surface area contributed by atoms with Crippen LogP contribution in [-0.2, 0) is 0 Å². The first-order valence-corrected chi connectivity index (χ1v) is 3.22. The van der Waals surface area contributed by atoms with Gasteiger partial charge in [0, 0.05) is 0 Å². The highest BCUT2D eigenvalue weighted by Crippen LogP contribution is 2.00. The summed E-state index contributed by atoms with van der Waals surface area (Å²) in [5.74, 6) is 1.30. The molecule has 0 aliphatic carbocycles. The van der Waals surface area contributed by atoms with Crippen LogP contribution in [-0.4, -0.2) is 19.0 Å². The Balaban J connectivity index is 2.00. The zero-order chi connectivity index (χ0) is 4.24. The van der Waals surface area contributed by atoms with Crippen molar-refractivity contribution in [3.05, 3.63) is 0 Å². The maximum absolute atomic E-state index is 3.12. The normalized spacial score (nSPS) is 22.7. The Kier molecular flexibility index (Phi) is 1.91. The molecule has 3 heteroatoms. The van der Waals surface area contributed by atoms with Crippen LogP contribution in [0.1, 0.15) is 6.42 Å². The molecule has 1 heterocycles. The van der Waals surface area contributed by atoms with E-state index in [0.29, 0.717) is 0 Å². The van der Waals surface area contributed by atoms with Gasteiger partial charge in [0.15, 0.2) is 0 Å². The van der Waals surface area contributed by atoms with Gasteiger partial charge in [-0.15, -0.1) is 0 Å². The van der Waals surface area contributed by atoms with Crippen molar-refractivity contribution in [2.24, 2.45) is 0 Å². The zero-order valence-corrected chi connectivity index (χ0v) is 4.42. The standard InChI is InChI=1S/C3H7BNS/c1-2-5-4-6-3-1/h5H,1-3H2. The van der Waals surface area contributed by atoms with Crippen molar-refractivity contribution in [1.29, 1.82) is 0 Å². The zero-order valence-electron chi connectivity index (χ0n) is 3.61. The maximum Gasteiger partial charge on any atom is 0.285 e. The van der Waals surface area contributed by atoms with E-state index in [0.717, 1.165) is 0 Å². The summed E-state index contributed by atoms with van der Waals surface area (Å²) in [6, 6.07) is 0. The predicted molar refractivity (Wildman–Crippen MR) is 30.8 cm³/mol. The summed E-state index contributed by atoms with van der Waals surface area (Å²) in [6.45, 7) is 3.23. The third-order valence-corrected chi connectivity index (χ3v) is 1.61. The Hall–Kier alpha value is 0.375. The van der Waals surface area contributed by atoms with E-state index in [1.807, 2.05) is 11.6 Å². The van der Waals surface area contributed by atoms with Crippen molar-refractivity contribution in [3.63, 3.8) is 0 Å².